The van der Waals surface area contributed by atoms with Gasteiger partial charge in [0.05, 0.1) is 12.8 Å². The highest BCUT2D eigenvalue weighted by Gasteiger charge is 2.07. The SMILES string of the molecule is Cc1ccc(Oc2ncc(F)cc2CO)cc1. The monoisotopic (exact) mass is 233 g/mol. The summed E-state index contributed by atoms with van der Waals surface area (Å²) in [6.07, 6.45) is 1.06. The van der Waals surface area contributed by atoms with Gasteiger partial charge in [-0.05, 0) is 25.1 Å². The molecule has 2 rings (SSSR count). The first-order chi connectivity index (χ1) is 8.19. The minimum Gasteiger partial charge on any atom is -0.439 e. The Balaban J connectivity index is 2.26. The van der Waals surface area contributed by atoms with E-state index < -0.39 is 5.82 Å². The van der Waals surface area contributed by atoms with Gasteiger partial charge in [0.2, 0.25) is 5.88 Å². The quantitative estimate of drug-likeness (QED) is 0.886. The van der Waals surface area contributed by atoms with Gasteiger partial charge in [-0.3, -0.25) is 0 Å². The zero-order chi connectivity index (χ0) is 12.3. The fourth-order valence-electron chi connectivity index (χ4n) is 1.39. The van der Waals surface area contributed by atoms with Crippen molar-refractivity contribution in [3.8, 4) is 11.6 Å². The average Bonchev–Trinajstić information content (AvgIpc) is 2.34. The maximum Gasteiger partial charge on any atom is 0.224 e. The van der Waals surface area contributed by atoms with Gasteiger partial charge >= 0.3 is 0 Å². The van der Waals surface area contributed by atoms with E-state index in [1.54, 1.807) is 12.1 Å². The molecule has 2 aromatic rings. The standard InChI is InChI=1S/C13H12FNO2/c1-9-2-4-12(5-3-9)17-13-10(8-16)6-11(14)7-15-13/h2-7,16H,8H2,1H3. The number of aliphatic hydroxyl groups is 1. The second-order valence-electron chi connectivity index (χ2n) is 3.69. The predicted octanol–water partition coefficient (Wildman–Crippen LogP) is 2.81. The molecule has 0 aliphatic carbocycles. The number of aliphatic hydroxyl groups excluding tert-OH is 1. The molecule has 0 saturated heterocycles. The summed E-state index contributed by atoms with van der Waals surface area (Å²) in [5, 5.41) is 9.08. The van der Waals surface area contributed by atoms with Gasteiger partial charge in [0.25, 0.3) is 0 Å². The van der Waals surface area contributed by atoms with Gasteiger partial charge in [-0.1, -0.05) is 17.7 Å². The summed E-state index contributed by atoms with van der Waals surface area (Å²) >= 11 is 0. The summed E-state index contributed by atoms with van der Waals surface area (Å²) in [5.74, 6) is 0.326. The van der Waals surface area contributed by atoms with Gasteiger partial charge in [-0.25, -0.2) is 9.37 Å². The third-order valence-electron chi connectivity index (χ3n) is 2.30. The molecule has 4 heteroatoms. The second-order valence-corrected chi connectivity index (χ2v) is 3.69. The molecule has 0 aliphatic heterocycles. The van der Waals surface area contributed by atoms with E-state index in [1.165, 1.54) is 6.07 Å². The van der Waals surface area contributed by atoms with Crippen molar-refractivity contribution >= 4 is 0 Å². The van der Waals surface area contributed by atoms with Crippen LogP contribution in [0.4, 0.5) is 4.39 Å². The smallest absolute Gasteiger partial charge is 0.224 e. The summed E-state index contributed by atoms with van der Waals surface area (Å²) < 4.78 is 18.4. The number of aromatic nitrogens is 1. The van der Waals surface area contributed by atoms with E-state index in [9.17, 15) is 4.39 Å². The molecule has 0 aliphatic rings. The van der Waals surface area contributed by atoms with Crippen molar-refractivity contribution in [2.45, 2.75) is 13.5 Å². The molecule has 88 valence electrons. The normalized spacial score (nSPS) is 10.3. The maximum absolute atomic E-state index is 12.9. The van der Waals surface area contributed by atoms with E-state index in [0.717, 1.165) is 11.8 Å². The van der Waals surface area contributed by atoms with Gasteiger partial charge in [0, 0.05) is 5.56 Å². The second kappa shape index (κ2) is 4.93. The van der Waals surface area contributed by atoms with Crippen LogP contribution in [0.3, 0.4) is 0 Å². The highest BCUT2D eigenvalue weighted by Crippen LogP contribution is 2.23. The van der Waals surface area contributed by atoms with Crippen LogP contribution in [-0.2, 0) is 6.61 Å². The number of halogens is 1. The summed E-state index contributed by atoms with van der Waals surface area (Å²) in [6.45, 7) is 1.66. The number of hydrogen-bond donors (Lipinski definition) is 1. The molecule has 0 amide bonds. The third-order valence-corrected chi connectivity index (χ3v) is 2.30. The molecular weight excluding hydrogens is 221 g/mol. The van der Waals surface area contributed by atoms with Crippen molar-refractivity contribution in [3.05, 3.63) is 53.5 Å². The summed E-state index contributed by atoms with van der Waals surface area (Å²) in [5.41, 5.74) is 1.44. The maximum atomic E-state index is 12.9. The molecule has 0 fully saturated rings. The van der Waals surface area contributed by atoms with E-state index in [-0.39, 0.29) is 12.5 Å². The Bertz CT molecular complexity index is 511. The van der Waals surface area contributed by atoms with Gasteiger partial charge in [0.1, 0.15) is 11.6 Å². The van der Waals surface area contributed by atoms with Crippen LogP contribution in [0.1, 0.15) is 11.1 Å². The number of ether oxygens (including phenoxy) is 1. The van der Waals surface area contributed by atoms with Crippen molar-refractivity contribution in [3.63, 3.8) is 0 Å². The minimum absolute atomic E-state index is 0.220. The Labute approximate surface area is 98.5 Å². The molecule has 0 saturated carbocycles. The fraction of sp³-hybridized carbons (Fsp3) is 0.154. The number of hydrogen-bond acceptors (Lipinski definition) is 3. The molecule has 0 unspecified atom stereocenters. The van der Waals surface area contributed by atoms with Crippen LogP contribution >= 0.6 is 0 Å². The van der Waals surface area contributed by atoms with E-state index in [2.05, 4.69) is 4.98 Å². The highest BCUT2D eigenvalue weighted by molar-refractivity contribution is 5.33. The van der Waals surface area contributed by atoms with E-state index in [1.807, 2.05) is 19.1 Å². The van der Waals surface area contributed by atoms with Crippen LogP contribution in [0.2, 0.25) is 0 Å². The average molecular weight is 233 g/mol. The first-order valence-corrected chi connectivity index (χ1v) is 5.19. The van der Waals surface area contributed by atoms with Crippen molar-refractivity contribution in [1.82, 2.24) is 4.98 Å². The topological polar surface area (TPSA) is 42.4 Å². The van der Waals surface area contributed by atoms with Crippen LogP contribution in [-0.4, -0.2) is 10.1 Å². The summed E-state index contributed by atoms with van der Waals surface area (Å²) in [7, 11) is 0. The molecule has 0 atom stereocenters. The first kappa shape index (κ1) is 11.5. The van der Waals surface area contributed by atoms with E-state index in [4.69, 9.17) is 9.84 Å². The Hall–Kier alpha value is -1.94. The Morgan fingerprint density at radius 1 is 1.29 bits per heavy atom. The van der Waals surface area contributed by atoms with Gasteiger partial charge < -0.3 is 9.84 Å². The lowest BCUT2D eigenvalue weighted by Gasteiger charge is -2.08. The molecule has 17 heavy (non-hydrogen) atoms. The predicted molar refractivity (Wildman–Crippen MR) is 61.4 cm³/mol. The van der Waals surface area contributed by atoms with E-state index >= 15 is 0 Å². The lowest BCUT2D eigenvalue weighted by Crippen LogP contribution is -1.96. The number of nitrogens with zero attached hydrogens (tertiary/aromatic N) is 1. The van der Waals surface area contributed by atoms with Crippen LogP contribution in [0.5, 0.6) is 11.6 Å². The number of rotatable bonds is 3. The van der Waals surface area contributed by atoms with Crippen LogP contribution in [0, 0.1) is 12.7 Å². The van der Waals surface area contributed by atoms with Gasteiger partial charge in [-0.15, -0.1) is 0 Å². The van der Waals surface area contributed by atoms with Crippen LogP contribution < -0.4 is 4.74 Å². The number of benzene rings is 1. The molecule has 0 spiro atoms. The number of aryl methyl sites for hydroxylation is 1. The van der Waals surface area contributed by atoms with E-state index in [0.29, 0.717) is 11.3 Å². The minimum atomic E-state index is -0.495. The van der Waals surface area contributed by atoms with Gasteiger partial charge in [-0.2, -0.15) is 0 Å². The largest absolute Gasteiger partial charge is 0.439 e. The molecule has 1 aromatic heterocycles. The lowest BCUT2D eigenvalue weighted by molar-refractivity contribution is 0.274. The van der Waals surface area contributed by atoms with Crippen molar-refractivity contribution < 1.29 is 14.2 Å². The zero-order valence-electron chi connectivity index (χ0n) is 9.35. The van der Waals surface area contributed by atoms with Gasteiger partial charge in [0.15, 0.2) is 0 Å². The molecule has 1 aromatic carbocycles. The zero-order valence-corrected chi connectivity index (χ0v) is 9.35. The molecular formula is C13H12FNO2. The first-order valence-electron chi connectivity index (χ1n) is 5.19. The molecule has 3 nitrogen and oxygen atoms in total. The van der Waals surface area contributed by atoms with Crippen molar-refractivity contribution in [1.29, 1.82) is 0 Å². The molecule has 1 heterocycles. The van der Waals surface area contributed by atoms with Crippen LogP contribution in [0.25, 0.3) is 0 Å². The highest BCUT2D eigenvalue weighted by atomic mass is 19.1. The lowest BCUT2D eigenvalue weighted by atomic mass is 10.2. The Kier molecular flexibility index (Phi) is 3.35. The van der Waals surface area contributed by atoms with Crippen LogP contribution in [0.15, 0.2) is 36.5 Å². The molecule has 1 N–H and O–H groups in total. The molecule has 0 radical (unpaired) electrons. The van der Waals surface area contributed by atoms with Crippen molar-refractivity contribution in [2.75, 3.05) is 0 Å². The fourth-order valence-corrected chi connectivity index (χ4v) is 1.39. The van der Waals surface area contributed by atoms with Crippen molar-refractivity contribution in [2.24, 2.45) is 0 Å². The number of pyridine rings is 1. The Morgan fingerprint density at radius 2 is 2.00 bits per heavy atom. The molecule has 0 bridgehead atoms. The summed E-state index contributed by atoms with van der Waals surface area (Å²) in [6, 6.07) is 8.59. The summed E-state index contributed by atoms with van der Waals surface area (Å²) in [4.78, 5) is 3.81. The Morgan fingerprint density at radius 3 is 2.65 bits per heavy atom. The third kappa shape index (κ3) is 2.79.